The molecule has 0 bridgehead atoms. The summed E-state index contributed by atoms with van der Waals surface area (Å²) < 4.78 is 12.8. The molecule has 1 aliphatic carbocycles. The molecule has 1 atom stereocenters. The number of nitrogens with one attached hydrogen (secondary N) is 1. The van der Waals surface area contributed by atoms with Gasteiger partial charge in [0.25, 0.3) is 0 Å². The molecule has 0 saturated heterocycles. The minimum atomic E-state index is -0.327. The summed E-state index contributed by atoms with van der Waals surface area (Å²) in [4.78, 5) is 0. The SMILES string of the molecule is OC(CNCc1ccc(F)cc1Cl)C1CC1. The van der Waals surface area contributed by atoms with Gasteiger partial charge in [-0.25, -0.2) is 4.39 Å². The van der Waals surface area contributed by atoms with Gasteiger partial charge < -0.3 is 10.4 Å². The van der Waals surface area contributed by atoms with Crippen LogP contribution in [-0.4, -0.2) is 17.8 Å². The van der Waals surface area contributed by atoms with Crippen LogP contribution in [0.25, 0.3) is 0 Å². The van der Waals surface area contributed by atoms with Crippen LogP contribution in [0.5, 0.6) is 0 Å². The Morgan fingerprint density at radius 3 is 2.88 bits per heavy atom. The lowest BCUT2D eigenvalue weighted by atomic mass is 10.2. The van der Waals surface area contributed by atoms with Gasteiger partial charge in [0.05, 0.1) is 6.10 Å². The molecular formula is C12H15ClFNO. The molecule has 1 aliphatic rings. The molecule has 1 saturated carbocycles. The summed E-state index contributed by atoms with van der Waals surface area (Å²) in [5.74, 6) is 0.142. The smallest absolute Gasteiger partial charge is 0.124 e. The Kier molecular flexibility index (Phi) is 3.79. The Labute approximate surface area is 99.4 Å². The van der Waals surface area contributed by atoms with Gasteiger partial charge in [-0.15, -0.1) is 0 Å². The number of benzene rings is 1. The lowest BCUT2D eigenvalue weighted by molar-refractivity contribution is 0.148. The highest BCUT2D eigenvalue weighted by molar-refractivity contribution is 6.31. The molecule has 2 nitrogen and oxygen atoms in total. The van der Waals surface area contributed by atoms with E-state index in [9.17, 15) is 9.50 Å². The third-order valence-electron chi connectivity index (χ3n) is 2.85. The van der Waals surface area contributed by atoms with Crippen LogP contribution in [-0.2, 0) is 6.54 Å². The van der Waals surface area contributed by atoms with Crippen molar-refractivity contribution in [3.8, 4) is 0 Å². The molecule has 1 fully saturated rings. The van der Waals surface area contributed by atoms with Crippen LogP contribution in [0.15, 0.2) is 18.2 Å². The van der Waals surface area contributed by atoms with Crippen LogP contribution in [0.3, 0.4) is 0 Å². The number of aliphatic hydroxyl groups is 1. The highest BCUT2D eigenvalue weighted by Gasteiger charge is 2.29. The van der Waals surface area contributed by atoms with Gasteiger partial charge >= 0.3 is 0 Å². The minimum Gasteiger partial charge on any atom is -0.392 e. The van der Waals surface area contributed by atoms with E-state index < -0.39 is 0 Å². The monoisotopic (exact) mass is 243 g/mol. The second-order valence-corrected chi connectivity index (χ2v) is 4.68. The first-order chi connectivity index (χ1) is 7.66. The first kappa shape index (κ1) is 11.8. The van der Waals surface area contributed by atoms with Crippen molar-refractivity contribution < 1.29 is 9.50 Å². The van der Waals surface area contributed by atoms with Crippen molar-refractivity contribution in [2.24, 2.45) is 5.92 Å². The first-order valence-corrected chi connectivity index (χ1v) is 5.87. The molecule has 16 heavy (non-hydrogen) atoms. The molecule has 0 amide bonds. The topological polar surface area (TPSA) is 32.3 Å². The summed E-state index contributed by atoms with van der Waals surface area (Å²) in [5.41, 5.74) is 0.853. The molecule has 1 aromatic carbocycles. The average molecular weight is 244 g/mol. The Hall–Kier alpha value is -0.640. The van der Waals surface area contributed by atoms with Crippen LogP contribution >= 0.6 is 11.6 Å². The number of rotatable bonds is 5. The zero-order valence-electron chi connectivity index (χ0n) is 8.92. The van der Waals surface area contributed by atoms with Crippen LogP contribution in [0, 0.1) is 11.7 Å². The van der Waals surface area contributed by atoms with Crippen LogP contribution < -0.4 is 5.32 Å². The van der Waals surface area contributed by atoms with E-state index in [2.05, 4.69) is 5.32 Å². The van der Waals surface area contributed by atoms with E-state index in [0.717, 1.165) is 18.4 Å². The fourth-order valence-electron chi connectivity index (χ4n) is 1.67. The summed E-state index contributed by atoms with van der Waals surface area (Å²) in [7, 11) is 0. The van der Waals surface area contributed by atoms with Crippen molar-refractivity contribution in [3.05, 3.63) is 34.6 Å². The van der Waals surface area contributed by atoms with Crippen molar-refractivity contribution in [1.29, 1.82) is 0 Å². The van der Waals surface area contributed by atoms with E-state index >= 15 is 0 Å². The van der Waals surface area contributed by atoms with Crippen molar-refractivity contribution in [1.82, 2.24) is 5.32 Å². The Bertz CT molecular complexity index is 368. The molecule has 0 aromatic heterocycles. The standard InChI is InChI=1S/C12H15ClFNO/c13-11-5-10(14)4-3-9(11)6-15-7-12(16)8-1-2-8/h3-5,8,12,15-16H,1-2,6-7H2. The molecule has 2 rings (SSSR count). The largest absolute Gasteiger partial charge is 0.392 e. The van der Waals surface area contributed by atoms with Crippen LogP contribution in [0.2, 0.25) is 5.02 Å². The zero-order valence-corrected chi connectivity index (χ0v) is 9.67. The second kappa shape index (κ2) is 5.13. The maximum atomic E-state index is 12.8. The fraction of sp³-hybridized carbons (Fsp3) is 0.500. The molecule has 0 radical (unpaired) electrons. The lowest BCUT2D eigenvalue weighted by Gasteiger charge is -2.11. The molecule has 0 heterocycles. The Morgan fingerprint density at radius 2 is 2.25 bits per heavy atom. The van der Waals surface area contributed by atoms with Crippen molar-refractivity contribution in [2.75, 3.05) is 6.54 Å². The number of halogens is 2. The summed E-state index contributed by atoms with van der Waals surface area (Å²) in [6, 6.07) is 4.35. The maximum Gasteiger partial charge on any atom is 0.124 e. The maximum absolute atomic E-state index is 12.8. The molecule has 0 spiro atoms. The fourth-order valence-corrected chi connectivity index (χ4v) is 1.90. The van der Waals surface area contributed by atoms with Gasteiger partial charge in [0, 0.05) is 18.1 Å². The molecule has 0 aliphatic heterocycles. The van der Waals surface area contributed by atoms with Crippen LogP contribution in [0.1, 0.15) is 18.4 Å². The number of hydrogen-bond acceptors (Lipinski definition) is 2. The molecule has 1 unspecified atom stereocenters. The van der Waals surface area contributed by atoms with Gasteiger partial charge in [0.2, 0.25) is 0 Å². The molecule has 2 N–H and O–H groups in total. The molecular weight excluding hydrogens is 229 g/mol. The quantitative estimate of drug-likeness (QED) is 0.832. The van der Waals surface area contributed by atoms with Gasteiger partial charge in [-0.1, -0.05) is 17.7 Å². The molecule has 1 aromatic rings. The van der Waals surface area contributed by atoms with Gasteiger partial charge in [-0.05, 0) is 36.5 Å². The van der Waals surface area contributed by atoms with E-state index in [4.69, 9.17) is 11.6 Å². The van der Waals surface area contributed by atoms with Crippen molar-refractivity contribution in [2.45, 2.75) is 25.5 Å². The predicted molar refractivity (Wildman–Crippen MR) is 61.8 cm³/mol. The molecule has 88 valence electrons. The summed E-state index contributed by atoms with van der Waals surface area (Å²) in [6.45, 7) is 1.13. The number of hydrogen-bond donors (Lipinski definition) is 2. The van der Waals surface area contributed by atoms with E-state index in [1.54, 1.807) is 6.07 Å². The van der Waals surface area contributed by atoms with E-state index in [-0.39, 0.29) is 11.9 Å². The van der Waals surface area contributed by atoms with Gasteiger partial charge in [0.1, 0.15) is 5.82 Å². The Balaban J connectivity index is 1.80. The number of aliphatic hydroxyl groups excluding tert-OH is 1. The normalized spacial score (nSPS) is 17.4. The summed E-state index contributed by atoms with van der Waals surface area (Å²) >= 11 is 5.88. The highest BCUT2D eigenvalue weighted by atomic mass is 35.5. The minimum absolute atomic E-state index is 0.265. The van der Waals surface area contributed by atoms with Crippen molar-refractivity contribution in [3.63, 3.8) is 0 Å². The van der Waals surface area contributed by atoms with Crippen LogP contribution in [0.4, 0.5) is 4.39 Å². The molecule has 4 heteroatoms. The highest BCUT2D eigenvalue weighted by Crippen LogP contribution is 2.32. The first-order valence-electron chi connectivity index (χ1n) is 5.49. The van der Waals surface area contributed by atoms with Gasteiger partial charge in [0.15, 0.2) is 0 Å². The average Bonchev–Trinajstić information content (AvgIpc) is 3.04. The third kappa shape index (κ3) is 3.17. The Morgan fingerprint density at radius 1 is 1.50 bits per heavy atom. The van der Waals surface area contributed by atoms with E-state index in [1.165, 1.54) is 12.1 Å². The zero-order chi connectivity index (χ0) is 11.5. The second-order valence-electron chi connectivity index (χ2n) is 4.27. The lowest BCUT2D eigenvalue weighted by Crippen LogP contribution is -2.27. The summed E-state index contributed by atoms with van der Waals surface area (Å²) in [5, 5.41) is 13.2. The summed E-state index contributed by atoms with van der Waals surface area (Å²) in [6.07, 6.45) is 1.99. The van der Waals surface area contributed by atoms with Crippen molar-refractivity contribution >= 4 is 11.6 Å². The third-order valence-corrected chi connectivity index (χ3v) is 3.20. The predicted octanol–water partition coefficient (Wildman–Crippen LogP) is 2.34. The van der Waals surface area contributed by atoms with E-state index in [1.807, 2.05) is 0 Å². The van der Waals surface area contributed by atoms with Gasteiger partial charge in [-0.2, -0.15) is 0 Å². The van der Waals surface area contributed by atoms with E-state index in [0.29, 0.717) is 24.0 Å². The van der Waals surface area contributed by atoms with Gasteiger partial charge in [-0.3, -0.25) is 0 Å².